The Labute approximate surface area is 235 Å². The number of methoxy groups -OCH3 is 1. The number of rotatable bonds is 9. The van der Waals surface area contributed by atoms with E-state index in [0.29, 0.717) is 0 Å². The van der Waals surface area contributed by atoms with Crippen molar-refractivity contribution >= 4 is 38.0 Å². The Kier molecular flexibility index (Phi) is 9.52. The summed E-state index contributed by atoms with van der Waals surface area (Å²) >= 11 is 3.35. The molecule has 206 valence electrons. The fourth-order valence-corrected chi connectivity index (χ4v) is 5.60. The maximum absolute atomic E-state index is 13.3. The summed E-state index contributed by atoms with van der Waals surface area (Å²) in [7, 11) is -3.08. The van der Waals surface area contributed by atoms with Crippen molar-refractivity contribution in [3.63, 3.8) is 0 Å². The Morgan fingerprint density at radius 2 is 1.31 bits per heavy atom. The van der Waals surface area contributed by atoms with E-state index < -0.39 is 52.8 Å². The van der Waals surface area contributed by atoms with E-state index in [9.17, 15) is 18.0 Å². The van der Waals surface area contributed by atoms with Crippen LogP contribution in [0.1, 0.15) is 26.3 Å². The number of esters is 2. The van der Waals surface area contributed by atoms with Gasteiger partial charge in [0.2, 0.25) is 0 Å². The molecule has 0 bridgehead atoms. The van der Waals surface area contributed by atoms with E-state index in [0.717, 1.165) is 5.56 Å². The van der Waals surface area contributed by atoms with Crippen molar-refractivity contribution in [1.29, 1.82) is 0 Å². The Morgan fingerprint density at radius 1 is 0.795 bits per heavy atom. The summed E-state index contributed by atoms with van der Waals surface area (Å²) in [4.78, 5) is 26.1. The smallest absolute Gasteiger partial charge is 0.338 e. The van der Waals surface area contributed by atoms with Crippen molar-refractivity contribution in [3.8, 4) is 0 Å². The molecule has 4 rings (SSSR count). The highest BCUT2D eigenvalue weighted by molar-refractivity contribution is 9.09. The SMILES string of the molecule is CO[C@H]1O[C@H](CBr)[C@@H](OC(=O)c2ccccc2)[C@H](OC(=O)c2ccccc2)[C@H]1OS(=O)(=O)c1ccc(C)cc1. The van der Waals surface area contributed by atoms with Gasteiger partial charge in [-0.25, -0.2) is 9.59 Å². The molecular formula is C28H27BrO9S. The largest absolute Gasteiger partial charge is 0.452 e. The molecule has 1 saturated heterocycles. The van der Waals surface area contributed by atoms with Crippen molar-refractivity contribution in [2.24, 2.45) is 0 Å². The quantitative estimate of drug-likeness (QED) is 0.197. The first kappa shape index (κ1) is 28.9. The summed E-state index contributed by atoms with van der Waals surface area (Å²) in [6, 6.07) is 22.4. The van der Waals surface area contributed by atoms with E-state index in [2.05, 4.69) is 15.9 Å². The van der Waals surface area contributed by atoms with Gasteiger partial charge in [-0.2, -0.15) is 8.42 Å². The Hall–Kier alpha value is -3.09. The van der Waals surface area contributed by atoms with E-state index in [4.69, 9.17) is 23.1 Å². The molecule has 1 aliphatic rings. The zero-order valence-corrected chi connectivity index (χ0v) is 23.5. The molecule has 0 radical (unpaired) electrons. The van der Waals surface area contributed by atoms with Crippen LogP contribution in [0.25, 0.3) is 0 Å². The van der Waals surface area contributed by atoms with Gasteiger partial charge in [0.15, 0.2) is 24.6 Å². The van der Waals surface area contributed by atoms with Crippen LogP contribution in [0.5, 0.6) is 0 Å². The number of hydrogen-bond donors (Lipinski definition) is 0. The maximum atomic E-state index is 13.3. The first-order valence-electron chi connectivity index (χ1n) is 12.0. The molecule has 0 saturated carbocycles. The normalized spacial score (nSPS) is 23.1. The minimum Gasteiger partial charge on any atom is -0.452 e. The monoisotopic (exact) mass is 618 g/mol. The molecule has 11 heteroatoms. The Balaban J connectivity index is 1.73. The average Bonchev–Trinajstić information content (AvgIpc) is 2.95. The average molecular weight is 619 g/mol. The lowest BCUT2D eigenvalue weighted by Gasteiger charge is -2.43. The molecule has 0 aliphatic carbocycles. The summed E-state index contributed by atoms with van der Waals surface area (Å²) in [5.41, 5.74) is 1.31. The molecule has 0 aromatic heterocycles. The standard InChI is InChI=1S/C28H27BrO9S/c1-18-13-15-21(16-14-18)39(32,33)38-25-24(37-27(31)20-11-7-4-8-12-20)23(22(17-29)35-28(25)34-2)36-26(30)19-9-5-3-6-10-19/h3-16,22-25,28H,17H2,1-2H3/t22-,23-,24+,25-,28+/m1/s1. The highest BCUT2D eigenvalue weighted by atomic mass is 79.9. The van der Waals surface area contributed by atoms with Gasteiger partial charge >= 0.3 is 11.9 Å². The second-order valence-corrected chi connectivity index (χ2v) is 11.0. The summed E-state index contributed by atoms with van der Waals surface area (Å²) < 4.78 is 55.1. The summed E-state index contributed by atoms with van der Waals surface area (Å²) in [5.74, 6) is -1.49. The fraction of sp³-hybridized carbons (Fsp3) is 0.286. The van der Waals surface area contributed by atoms with E-state index in [-0.39, 0.29) is 21.4 Å². The summed E-state index contributed by atoms with van der Waals surface area (Å²) in [6.07, 6.45) is -6.36. The predicted molar refractivity (Wildman–Crippen MR) is 144 cm³/mol. The van der Waals surface area contributed by atoms with Crippen molar-refractivity contribution in [2.45, 2.75) is 42.5 Å². The van der Waals surface area contributed by atoms with Gasteiger partial charge in [0, 0.05) is 12.4 Å². The zero-order valence-electron chi connectivity index (χ0n) is 21.1. The van der Waals surface area contributed by atoms with Crippen LogP contribution >= 0.6 is 15.9 Å². The van der Waals surface area contributed by atoms with Crippen LogP contribution in [0, 0.1) is 6.92 Å². The van der Waals surface area contributed by atoms with E-state index >= 15 is 0 Å². The first-order chi connectivity index (χ1) is 18.7. The fourth-order valence-electron chi connectivity index (χ4n) is 4.01. The molecule has 3 aromatic carbocycles. The third kappa shape index (κ3) is 6.92. The van der Waals surface area contributed by atoms with Crippen molar-refractivity contribution in [3.05, 3.63) is 102 Å². The lowest BCUT2D eigenvalue weighted by atomic mass is 9.99. The van der Waals surface area contributed by atoms with Gasteiger partial charge in [-0.3, -0.25) is 4.18 Å². The second-order valence-electron chi connectivity index (χ2n) is 8.73. The van der Waals surface area contributed by atoms with E-state index in [1.165, 1.54) is 19.2 Å². The van der Waals surface area contributed by atoms with Gasteiger partial charge in [-0.1, -0.05) is 70.0 Å². The van der Waals surface area contributed by atoms with E-state index in [1.807, 2.05) is 6.92 Å². The van der Waals surface area contributed by atoms with Crippen LogP contribution in [0.3, 0.4) is 0 Å². The zero-order chi connectivity index (χ0) is 28.0. The lowest BCUT2D eigenvalue weighted by Crippen LogP contribution is -2.62. The number of halogens is 1. The maximum Gasteiger partial charge on any atom is 0.338 e. The van der Waals surface area contributed by atoms with Gasteiger partial charge < -0.3 is 18.9 Å². The molecule has 3 aromatic rings. The number of benzene rings is 3. The third-order valence-electron chi connectivity index (χ3n) is 6.03. The molecular weight excluding hydrogens is 592 g/mol. The minimum atomic E-state index is -4.38. The van der Waals surface area contributed by atoms with Crippen molar-refractivity contribution < 1.29 is 41.1 Å². The molecule has 0 unspecified atom stereocenters. The van der Waals surface area contributed by atoms with Gasteiger partial charge in [0.1, 0.15) is 6.10 Å². The minimum absolute atomic E-state index is 0.114. The number of carbonyl (C=O) groups is 2. The van der Waals surface area contributed by atoms with Gasteiger partial charge in [-0.15, -0.1) is 0 Å². The molecule has 5 atom stereocenters. The molecule has 0 amide bonds. The van der Waals surface area contributed by atoms with Crippen LogP contribution < -0.4 is 0 Å². The van der Waals surface area contributed by atoms with Gasteiger partial charge in [0.05, 0.1) is 16.0 Å². The second kappa shape index (κ2) is 12.8. The highest BCUT2D eigenvalue weighted by Crippen LogP contribution is 2.33. The van der Waals surface area contributed by atoms with Crippen LogP contribution in [0.15, 0.2) is 89.8 Å². The molecule has 39 heavy (non-hydrogen) atoms. The molecule has 0 N–H and O–H groups in total. The Morgan fingerprint density at radius 3 is 1.79 bits per heavy atom. The first-order valence-corrected chi connectivity index (χ1v) is 14.5. The number of hydrogen-bond acceptors (Lipinski definition) is 9. The van der Waals surface area contributed by atoms with Gasteiger partial charge in [-0.05, 0) is 43.3 Å². The number of aryl methyl sites for hydroxylation is 1. The molecule has 1 aliphatic heterocycles. The topological polar surface area (TPSA) is 114 Å². The Bertz CT molecular complexity index is 1370. The number of ether oxygens (including phenoxy) is 4. The number of alkyl halides is 1. The predicted octanol–water partition coefficient (Wildman–Crippen LogP) is 4.29. The molecule has 1 fully saturated rings. The van der Waals surface area contributed by atoms with Crippen LogP contribution in [-0.4, -0.2) is 63.5 Å². The van der Waals surface area contributed by atoms with Crippen LogP contribution in [0.2, 0.25) is 0 Å². The molecule has 9 nitrogen and oxygen atoms in total. The third-order valence-corrected chi connectivity index (χ3v) is 7.99. The van der Waals surface area contributed by atoms with E-state index in [1.54, 1.807) is 72.8 Å². The molecule has 0 spiro atoms. The highest BCUT2D eigenvalue weighted by Gasteiger charge is 2.53. The summed E-state index contributed by atoms with van der Waals surface area (Å²) in [6.45, 7) is 1.82. The molecule has 1 heterocycles. The van der Waals surface area contributed by atoms with Crippen molar-refractivity contribution in [2.75, 3.05) is 12.4 Å². The summed E-state index contributed by atoms with van der Waals surface area (Å²) in [5, 5.41) is 0.149. The number of carbonyl (C=O) groups excluding carboxylic acids is 2. The van der Waals surface area contributed by atoms with Crippen molar-refractivity contribution in [1.82, 2.24) is 0 Å². The van der Waals surface area contributed by atoms with Gasteiger partial charge in [0.25, 0.3) is 10.1 Å². The van der Waals surface area contributed by atoms with Crippen LogP contribution in [0.4, 0.5) is 0 Å². The lowest BCUT2D eigenvalue weighted by molar-refractivity contribution is -0.276. The van der Waals surface area contributed by atoms with Crippen LogP contribution in [-0.2, 0) is 33.2 Å².